The lowest BCUT2D eigenvalue weighted by Gasteiger charge is -2.14. The minimum absolute atomic E-state index is 0.0853. The highest BCUT2D eigenvalue weighted by molar-refractivity contribution is 5.81. The highest BCUT2D eigenvalue weighted by atomic mass is 16.2. The molecule has 1 amide bonds. The van der Waals surface area contributed by atoms with E-state index in [9.17, 15) is 4.79 Å². The van der Waals surface area contributed by atoms with Crippen LogP contribution in [0.3, 0.4) is 0 Å². The van der Waals surface area contributed by atoms with Crippen molar-refractivity contribution >= 4 is 5.91 Å². The van der Waals surface area contributed by atoms with Crippen molar-refractivity contribution in [3.8, 4) is 0 Å². The molecule has 0 bridgehead atoms. The third-order valence-corrected chi connectivity index (χ3v) is 3.03. The maximum absolute atomic E-state index is 11.7. The van der Waals surface area contributed by atoms with E-state index in [4.69, 9.17) is 0 Å². The maximum Gasteiger partial charge on any atom is 0.237 e. The molecular weight excluding hydrogens is 216 g/mol. The van der Waals surface area contributed by atoms with E-state index in [0.717, 1.165) is 25.2 Å². The number of carbonyl (C=O) groups excluding carboxylic acids is 1. The lowest BCUT2D eigenvalue weighted by Crippen LogP contribution is -2.43. The monoisotopic (exact) mass is 236 g/mol. The van der Waals surface area contributed by atoms with Crippen LogP contribution in [0.5, 0.6) is 0 Å². The molecule has 0 spiro atoms. The molecule has 0 radical (unpaired) electrons. The smallest absolute Gasteiger partial charge is 0.237 e. The Morgan fingerprint density at radius 1 is 1.65 bits per heavy atom. The first-order valence-corrected chi connectivity index (χ1v) is 6.24. The number of imidazole rings is 1. The summed E-state index contributed by atoms with van der Waals surface area (Å²) in [5, 5.41) is 6.18. The van der Waals surface area contributed by atoms with Crippen LogP contribution in [0, 0.1) is 0 Å². The number of aryl methyl sites for hydroxylation is 1. The van der Waals surface area contributed by atoms with Gasteiger partial charge in [-0.3, -0.25) is 10.1 Å². The predicted octanol–water partition coefficient (Wildman–Crippen LogP) is 0.660. The van der Waals surface area contributed by atoms with Crippen molar-refractivity contribution in [3.05, 3.63) is 18.2 Å². The van der Waals surface area contributed by atoms with Gasteiger partial charge in [0, 0.05) is 25.0 Å². The van der Waals surface area contributed by atoms with Crippen LogP contribution in [0.2, 0.25) is 0 Å². The molecule has 0 aromatic carbocycles. The van der Waals surface area contributed by atoms with Crippen LogP contribution >= 0.6 is 0 Å². The van der Waals surface area contributed by atoms with Crippen LogP contribution in [-0.4, -0.2) is 27.5 Å². The molecule has 1 aromatic heterocycles. The zero-order chi connectivity index (χ0) is 12.3. The number of rotatable bonds is 6. The van der Waals surface area contributed by atoms with Crippen molar-refractivity contribution in [1.29, 1.82) is 0 Å². The Bertz CT molecular complexity index is 384. The van der Waals surface area contributed by atoms with Crippen LogP contribution in [0.4, 0.5) is 0 Å². The summed E-state index contributed by atoms with van der Waals surface area (Å²) in [6.45, 7) is 5.49. The summed E-state index contributed by atoms with van der Waals surface area (Å²) in [5.41, 5.74) is 0. The van der Waals surface area contributed by atoms with Crippen LogP contribution < -0.4 is 10.6 Å². The van der Waals surface area contributed by atoms with Gasteiger partial charge in [-0.05, 0) is 26.7 Å². The van der Waals surface area contributed by atoms with Crippen LogP contribution in [0.15, 0.2) is 12.4 Å². The Kier molecular flexibility index (Phi) is 3.78. The maximum atomic E-state index is 11.7. The Morgan fingerprint density at radius 3 is 3.06 bits per heavy atom. The van der Waals surface area contributed by atoms with E-state index >= 15 is 0 Å². The summed E-state index contributed by atoms with van der Waals surface area (Å²) >= 11 is 0. The first kappa shape index (κ1) is 12.1. The molecule has 1 aromatic rings. The van der Waals surface area contributed by atoms with Gasteiger partial charge in [0.25, 0.3) is 0 Å². The van der Waals surface area contributed by atoms with Gasteiger partial charge in [-0.2, -0.15) is 0 Å². The Morgan fingerprint density at radius 2 is 2.41 bits per heavy atom. The second-order valence-electron chi connectivity index (χ2n) is 4.51. The molecule has 1 saturated carbocycles. The van der Waals surface area contributed by atoms with Crippen molar-refractivity contribution in [2.45, 2.75) is 51.9 Å². The van der Waals surface area contributed by atoms with Gasteiger partial charge in [-0.1, -0.05) is 0 Å². The first-order valence-electron chi connectivity index (χ1n) is 6.24. The fourth-order valence-corrected chi connectivity index (χ4v) is 1.69. The highest BCUT2D eigenvalue weighted by Crippen LogP contribution is 2.18. The van der Waals surface area contributed by atoms with Crippen LogP contribution in [0.25, 0.3) is 0 Å². The normalized spacial score (nSPS) is 16.8. The average molecular weight is 236 g/mol. The zero-order valence-corrected chi connectivity index (χ0v) is 10.4. The number of hydrogen-bond acceptors (Lipinski definition) is 3. The zero-order valence-electron chi connectivity index (χ0n) is 10.4. The summed E-state index contributed by atoms with van der Waals surface area (Å²) in [5.74, 6) is 1.06. The molecule has 94 valence electrons. The van der Waals surface area contributed by atoms with Gasteiger partial charge in [0.05, 0.1) is 12.6 Å². The van der Waals surface area contributed by atoms with Gasteiger partial charge in [0.2, 0.25) is 5.91 Å². The summed E-state index contributed by atoms with van der Waals surface area (Å²) in [6, 6.07) is 0.252. The third kappa shape index (κ3) is 3.30. The minimum Gasteiger partial charge on any atom is -0.352 e. The molecule has 0 aliphatic heterocycles. The second-order valence-corrected chi connectivity index (χ2v) is 4.51. The third-order valence-electron chi connectivity index (χ3n) is 3.03. The number of hydrogen-bond donors (Lipinski definition) is 2. The lowest BCUT2D eigenvalue weighted by atomic mass is 10.3. The van der Waals surface area contributed by atoms with E-state index in [2.05, 4.69) is 27.1 Å². The van der Waals surface area contributed by atoms with E-state index in [1.807, 2.05) is 13.1 Å². The predicted molar refractivity (Wildman–Crippen MR) is 65.4 cm³/mol. The van der Waals surface area contributed by atoms with Crippen molar-refractivity contribution in [3.63, 3.8) is 0 Å². The summed E-state index contributed by atoms with van der Waals surface area (Å²) < 4.78 is 2.07. The Labute approximate surface area is 102 Å². The van der Waals surface area contributed by atoms with Crippen molar-refractivity contribution in [2.24, 2.45) is 0 Å². The topological polar surface area (TPSA) is 59.0 Å². The van der Waals surface area contributed by atoms with Gasteiger partial charge in [-0.15, -0.1) is 0 Å². The molecule has 5 heteroatoms. The molecule has 17 heavy (non-hydrogen) atoms. The van der Waals surface area contributed by atoms with Crippen molar-refractivity contribution in [1.82, 2.24) is 20.2 Å². The highest BCUT2D eigenvalue weighted by Gasteiger charge is 2.25. The summed E-state index contributed by atoms with van der Waals surface area (Å²) in [6.07, 6.45) is 5.98. The average Bonchev–Trinajstić information content (AvgIpc) is 3.02. The standard InChI is InChI=1S/C12H20N4O/c1-3-16-7-6-13-11(16)8-14-9(2)12(17)15-10-4-5-10/h6-7,9-10,14H,3-5,8H2,1-2H3,(H,15,17). The molecule has 1 aliphatic carbocycles. The molecular formula is C12H20N4O. The number of nitrogens with one attached hydrogen (secondary N) is 2. The molecule has 0 saturated heterocycles. The van der Waals surface area contributed by atoms with E-state index < -0.39 is 0 Å². The fraction of sp³-hybridized carbons (Fsp3) is 0.667. The SMILES string of the molecule is CCn1ccnc1CNC(C)C(=O)NC1CC1. The molecule has 1 heterocycles. The van der Waals surface area contributed by atoms with Gasteiger partial charge in [-0.25, -0.2) is 4.98 Å². The molecule has 1 fully saturated rings. The summed E-state index contributed by atoms with van der Waals surface area (Å²) in [7, 11) is 0. The quantitative estimate of drug-likeness (QED) is 0.763. The molecule has 1 unspecified atom stereocenters. The van der Waals surface area contributed by atoms with Crippen molar-refractivity contribution < 1.29 is 4.79 Å². The van der Waals surface area contributed by atoms with Gasteiger partial charge < -0.3 is 9.88 Å². The Hall–Kier alpha value is -1.36. The first-order chi connectivity index (χ1) is 8.20. The molecule has 2 rings (SSSR count). The number of aromatic nitrogens is 2. The number of nitrogens with zero attached hydrogens (tertiary/aromatic N) is 2. The fourth-order valence-electron chi connectivity index (χ4n) is 1.69. The largest absolute Gasteiger partial charge is 0.352 e. The van der Waals surface area contributed by atoms with E-state index in [1.165, 1.54) is 0 Å². The minimum atomic E-state index is -0.169. The molecule has 5 nitrogen and oxygen atoms in total. The number of amides is 1. The van der Waals surface area contributed by atoms with E-state index in [-0.39, 0.29) is 11.9 Å². The summed E-state index contributed by atoms with van der Waals surface area (Å²) in [4.78, 5) is 16.0. The molecule has 2 N–H and O–H groups in total. The van der Waals surface area contributed by atoms with Crippen molar-refractivity contribution in [2.75, 3.05) is 0 Å². The second kappa shape index (κ2) is 5.31. The molecule has 1 atom stereocenters. The van der Waals surface area contributed by atoms with Gasteiger partial charge in [0.1, 0.15) is 5.82 Å². The van der Waals surface area contributed by atoms with Gasteiger partial charge in [0.15, 0.2) is 0 Å². The van der Waals surface area contributed by atoms with E-state index in [1.54, 1.807) is 6.20 Å². The number of carbonyl (C=O) groups is 1. The lowest BCUT2D eigenvalue weighted by molar-refractivity contribution is -0.122. The van der Waals surface area contributed by atoms with Crippen LogP contribution in [-0.2, 0) is 17.9 Å². The molecule has 1 aliphatic rings. The van der Waals surface area contributed by atoms with Crippen LogP contribution in [0.1, 0.15) is 32.5 Å². The van der Waals surface area contributed by atoms with Gasteiger partial charge >= 0.3 is 0 Å². The van der Waals surface area contributed by atoms with E-state index in [0.29, 0.717) is 12.6 Å². The Balaban J connectivity index is 1.78.